The van der Waals surface area contributed by atoms with E-state index in [1.807, 2.05) is 54.6 Å². The lowest BCUT2D eigenvalue weighted by Gasteiger charge is -2.32. The summed E-state index contributed by atoms with van der Waals surface area (Å²) in [7, 11) is 0. The number of nitrogens with one attached hydrogen (secondary N) is 1. The fraction of sp³-hybridized carbons (Fsp3) is 0.257. The SMILES string of the molecule is O=C([O-])Cc1ccccc1-c1ccc(CCN2CCC(Nc3nc4ccccc4n3Cc3ccc(F)cc3)CC2)cc1. The van der Waals surface area contributed by atoms with E-state index in [1.165, 1.54) is 17.7 Å². The van der Waals surface area contributed by atoms with Crippen molar-refractivity contribution in [3.05, 3.63) is 120 Å². The molecule has 0 saturated carbocycles. The highest BCUT2D eigenvalue weighted by atomic mass is 19.1. The van der Waals surface area contributed by atoms with Crippen LogP contribution in [0.25, 0.3) is 22.2 Å². The van der Waals surface area contributed by atoms with Crippen molar-refractivity contribution < 1.29 is 14.3 Å². The Hall–Kier alpha value is -4.49. The number of nitrogens with zero attached hydrogens (tertiary/aromatic N) is 3. The van der Waals surface area contributed by atoms with Crippen LogP contribution >= 0.6 is 0 Å². The predicted molar refractivity (Wildman–Crippen MR) is 163 cm³/mol. The standard InChI is InChI=1S/C35H35FN4O2/c36-29-15-11-26(12-16-29)24-40-33-8-4-3-7-32(33)38-35(40)37-30-18-21-39(22-19-30)20-17-25-9-13-27(14-10-25)31-6-2-1-5-28(31)23-34(41)42/h1-16,30H,17-24H2,(H,37,38)(H,41,42)/p-1. The average Bonchev–Trinajstić information content (AvgIpc) is 3.34. The van der Waals surface area contributed by atoms with E-state index >= 15 is 0 Å². The number of anilines is 1. The molecule has 6 nitrogen and oxygen atoms in total. The molecule has 0 spiro atoms. The van der Waals surface area contributed by atoms with Crippen molar-refractivity contribution in [2.45, 2.75) is 38.3 Å². The number of halogens is 1. The van der Waals surface area contributed by atoms with Crippen molar-refractivity contribution in [2.24, 2.45) is 0 Å². The molecule has 5 aromatic rings. The molecule has 6 rings (SSSR count). The van der Waals surface area contributed by atoms with Gasteiger partial charge in [0.2, 0.25) is 5.95 Å². The van der Waals surface area contributed by atoms with Gasteiger partial charge in [0.15, 0.2) is 0 Å². The summed E-state index contributed by atoms with van der Waals surface area (Å²) in [6, 6.07) is 31.2. The molecule has 42 heavy (non-hydrogen) atoms. The Balaban J connectivity index is 1.04. The van der Waals surface area contributed by atoms with Crippen LogP contribution in [0.15, 0.2) is 97.1 Å². The van der Waals surface area contributed by atoms with Crippen molar-refractivity contribution >= 4 is 23.0 Å². The zero-order chi connectivity index (χ0) is 28.9. The van der Waals surface area contributed by atoms with Gasteiger partial charge in [-0.25, -0.2) is 9.37 Å². The highest BCUT2D eigenvalue weighted by Gasteiger charge is 2.21. The highest BCUT2D eigenvalue weighted by Crippen LogP contribution is 2.26. The quantitative estimate of drug-likeness (QED) is 0.251. The van der Waals surface area contributed by atoms with Gasteiger partial charge in [-0.05, 0) is 71.3 Å². The molecular weight excluding hydrogens is 527 g/mol. The zero-order valence-corrected chi connectivity index (χ0v) is 23.5. The van der Waals surface area contributed by atoms with Gasteiger partial charge in [0.25, 0.3) is 0 Å². The Morgan fingerprint density at radius 3 is 2.33 bits per heavy atom. The van der Waals surface area contributed by atoms with E-state index in [-0.39, 0.29) is 12.2 Å². The number of carboxylic acids is 1. The molecule has 7 heteroatoms. The molecule has 0 atom stereocenters. The first-order valence-corrected chi connectivity index (χ1v) is 14.6. The first kappa shape index (κ1) is 27.7. The van der Waals surface area contributed by atoms with Gasteiger partial charge in [0.1, 0.15) is 5.82 Å². The Labute approximate surface area is 245 Å². The van der Waals surface area contributed by atoms with Crippen LogP contribution in [0.5, 0.6) is 0 Å². The summed E-state index contributed by atoms with van der Waals surface area (Å²) in [4.78, 5) is 18.6. The van der Waals surface area contributed by atoms with Gasteiger partial charge in [-0.15, -0.1) is 0 Å². The number of piperidine rings is 1. The fourth-order valence-electron chi connectivity index (χ4n) is 5.85. The topological polar surface area (TPSA) is 73.2 Å². The summed E-state index contributed by atoms with van der Waals surface area (Å²) in [5.41, 5.74) is 7.05. The molecule has 1 saturated heterocycles. The molecule has 1 aliphatic rings. The molecule has 1 N–H and O–H groups in total. The van der Waals surface area contributed by atoms with Crippen molar-refractivity contribution in [3.8, 4) is 11.1 Å². The lowest BCUT2D eigenvalue weighted by molar-refractivity contribution is -0.304. The number of carbonyl (C=O) groups excluding carboxylic acids is 1. The second-order valence-electron chi connectivity index (χ2n) is 11.0. The van der Waals surface area contributed by atoms with Crippen molar-refractivity contribution in [3.63, 3.8) is 0 Å². The first-order chi connectivity index (χ1) is 20.5. The summed E-state index contributed by atoms with van der Waals surface area (Å²) in [6.45, 7) is 3.66. The number of hydrogen-bond acceptors (Lipinski definition) is 5. The minimum absolute atomic E-state index is 0.0880. The number of fused-ring (bicyclic) bond motifs is 1. The van der Waals surface area contributed by atoms with E-state index in [0.29, 0.717) is 12.6 Å². The third kappa shape index (κ3) is 6.52. The number of carbonyl (C=O) groups is 1. The molecule has 0 radical (unpaired) electrons. The van der Waals surface area contributed by atoms with Crippen molar-refractivity contribution in [2.75, 3.05) is 25.0 Å². The van der Waals surface area contributed by atoms with Crippen LogP contribution in [0, 0.1) is 5.82 Å². The smallest absolute Gasteiger partial charge is 0.204 e. The second-order valence-corrected chi connectivity index (χ2v) is 11.0. The van der Waals surface area contributed by atoms with Gasteiger partial charge >= 0.3 is 0 Å². The summed E-state index contributed by atoms with van der Waals surface area (Å²) in [6.07, 6.45) is 2.95. The predicted octanol–water partition coefficient (Wildman–Crippen LogP) is 5.30. The van der Waals surface area contributed by atoms with Gasteiger partial charge in [-0.2, -0.15) is 0 Å². The molecule has 2 heterocycles. The molecule has 4 aromatic carbocycles. The zero-order valence-electron chi connectivity index (χ0n) is 23.5. The number of imidazole rings is 1. The molecule has 0 bridgehead atoms. The van der Waals surface area contributed by atoms with E-state index in [9.17, 15) is 14.3 Å². The Bertz CT molecular complexity index is 1660. The Kier molecular flexibility index (Phi) is 8.28. The summed E-state index contributed by atoms with van der Waals surface area (Å²) >= 11 is 0. The third-order valence-corrected chi connectivity index (χ3v) is 8.16. The molecule has 214 valence electrons. The number of carboxylic acid groups (broad SMARTS) is 1. The van der Waals surface area contributed by atoms with Gasteiger partial charge < -0.3 is 24.7 Å². The minimum atomic E-state index is -1.07. The summed E-state index contributed by atoms with van der Waals surface area (Å²) in [5.74, 6) is -0.435. The number of benzene rings is 4. The largest absolute Gasteiger partial charge is 0.550 e. The van der Waals surface area contributed by atoms with Crippen LogP contribution in [0.4, 0.5) is 10.3 Å². The van der Waals surface area contributed by atoms with Gasteiger partial charge in [0, 0.05) is 38.1 Å². The van der Waals surface area contributed by atoms with Crippen LogP contribution < -0.4 is 10.4 Å². The normalized spacial score (nSPS) is 14.3. The van der Waals surface area contributed by atoms with E-state index in [4.69, 9.17) is 4.98 Å². The number of para-hydroxylation sites is 2. The minimum Gasteiger partial charge on any atom is -0.550 e. The maximum absolute atomic E-state index is 13.5. The van der Waals surface area contributed by atoms with Crippen molar-refractivity contribution in [1.82, 2.24) is 14.5 Å². The third-order valence-electron chi connectivity index (χ3n) is 8.16. The molecule has 0 unspecified atom stereocenters. The second kappa shape index (κ2) is 12.6. The Morgan fingerprint density at radius 2 is 1.57 bits per heavy atom. The van der Waals surface area contributed by atoms with E-state index in [0.717, 1.165) is 78.1 Å². The van der Waals surface area contributed by atoms with E-state index in [1.54, 1.807) is 0 Å². The number of aliphatic carboxylic acids is 1. The van der Waals surface area contributed by atoms with Crippen LogP contribution in [0.2, 0.25) is 0 Å². The summed E-state index contributed by atoms with van der Waals surface area (Å²) in [5, 5.41) is 14.9. The molecule has 1 aromatic heterocycles. The van der Waals surface area contributed by atoms with Crippen LogP contribution in [0.1, 0.15) is 29.5 Å². The lowest BCUT2D eigenvalue weighted by Crippen LogP contribution is -2.40. The van der Waals surface area contributed by atoms with E-state index < -0.39 is 5.97 Å². The van der Waals surface area contributed by atoms with Gasteiger partial charge in [-0.3, -0.25) is 0 Å². The summed E-state index contributed by atoms with van der Waals surface area (Å²) < 4.78 is 15.7. The molecule has 1 aliphatic heterocycles. The highest BCUT2D eigenvalue weighted by molar-refractivity contribution is 5.79. The van der Waals surface area contributed by atoms with E-state index in [2.05, 4.69) is 45.1 Å². The maximum atomic E-state index is 13.5. The number of likely N-dealkylation sites (tertiary alicyclic amines) is 1. The van der Waals surface area contributed by atoms with Crippen LogP contribution in [-0.4, -0.2) is 46.1 Å². The fourth-order valence-corrected chi connectivity index (χ4v) is 5.85. The van der Waals surface area contributed by atoms with Crippen LogP contribution in [0.3, 0.4) is 0 Å². The van der Waals surface area contributed by atoms with Crippen LogP contribution in [-0.2, 0) is 24.2 Å². The first-order valence-electron chi connectivity index (χ1n) is 14.6. The average molecular weight is 562 g/mol. The number of rotatable bonds is 10. The molecule has 1 fully saturated rings. The molecule has 0 amide bonds. The number of aromatic nitrogens is 2. The molecular formula is C35H34FN4O2-. The Morgan fingerprint density at radius 1 is 0.881 bits per heavy atom. The molecule has 0 aliphatic carbocycles. The monoisotopic (exact) mass is 561 g/mol. The number of hydrogen-bond donors (Lipinski definition) is 1. The van der Waals surface area contributed by atoms with Gasteiger partial charge in [-0.1, -0.05) is 72.8 Å². The van der Waals surface area contributed by atoms with Gasteiger partial charge in [0.05, 0.1) is 17.6 Å². The van der Waals surface area contributed by atoms with Crippen molar-refractivity contribution in [1.29, 1.82) is 0 Å². The maximum Gasteiger partial charge on any atom is 0.204 e. The lowest BCUT2D eigenvalue weighted by atomic mass is 9.96.